The molecule has 6 aromatic rings. The van der Waals surface area contributed by atoms with Crippen molar-refractivity contribution in [3.63, 3.8) is 0 Å². The molecule has 79 heavy (non-hydrogen) atoms. The van der Waals surface area contributed by atoms with Crippen LogP contribution in [0.4, 0.5) is 0 Å². The Balaban J connectivity index is 0.000000179. The Hall–Kier alpha value is -7.39. The zero-order chi connectivity index (χ0) is 57.2. The predicted molar refractivity (Wildman–Crippen MR) is 307 cm³/mol. The number of esters is 3. The first-order chi connectivity index (χ1) is 38.0. The average Bonchev–Trinajstić information content (AvgIpc) is 3.49. The maximum absolute atomic E-state index is 12.3. The van der Waals surface area contributed by atoms with Gasteiger partial charge in [0.25, 0.3) is 0 Å². The van der Waals surface area contributed by atoms with Gasteiger partial charge in [-0.2, -0.15) is 0 Å². The number of hydrogen-bond donors (Lipinski definition) is 2. The summed E-state index contributed by atoms with van der Waals surface area (Å²) in [5.74, 6) is 3.35. The number of carbonyl (C=O) groups excluding carboxylic acids is 3. The second kappa shape index (κ2) is 29.5. The minimum Gasteiger partial charge on any atom is -0.504 e. The van der Waals surface area contributed by atoms with Crippen LogP contribution in [0.25, 0.3) is 0 Å². The number of benzene rings is 6. The molecule has 0 radical (unpaired) electrons. The molecule has 9 rings (SSSR count). The molecule has 0 aliphatic carbocycles. The lowest BCUT2D eigenvalue weighted by molar-refractivity contribution is -0.154. The summed E-state index contributed by atoms with van der Waals surface area (Å²) in [4.78, 5) is 35.5. The fourth-order valence-corrected chi connectivity index (χ4v) is 10.1. The third kappa shape index (κ3) is 16.8. The van der Waals surface area contributed by atoms with E-state index >= 15 is 0 Å². The van der Waals surface area contributed by atoms with Crippen LogP contribution in [-0.2, 0) is 46.8 Å². The number of halogens is 1. The number of aryl methyl sites for hydroxylation is 4. The van der Waals surface area contributed by atoms with Gasteiger partial charge in [-0.1, -0.05) is 76.6 Å². The first-order valence-electron chi connectivity index (χ1n) is 26.3. The van der Waals surface area contributed by atoms with Gasteiger partial charge in [-0.05, 0) is 164 Å². The Morgan fingerprint density at radius 2 is 0.835 bits per heavy atom. The molecule has 0 saturated carbocycles. The molecule has 6 aromatic carbocycles. The van der Waals surface area contributed by atoms with E-state index in [-0.39, 0.29) is 59.0 Å². The van der Waals surface area contributed by atoms with Crippen molar-refractivity contribution in [2.75, 3.05) is 62.5 Å². The molecule has 0 aromatic heterocycles. The molecule has 0 amide bonds. The van der Waals surface area contributed by atoms with E-state index in [4.69, 9.17) is 42.6 Å². The minimum absolute atomic E-state index is 0.0585. The molecule has 2 N–H and O–H groups in total. The van der Waals surface area contributed by atoms with Crippen molar-refractivity contribution in [2.45, 2.75) is 89.3 Å². The van der Waals surface area contributed by atoms with Crippen LogP contribution in [0.15, 0.2) is 109 Å². The van der Waals surface area contributed by atoms with Gasteiger partial charge < -0.3 is 52.8 Å². The molecule has 3 aliphatic rings. The number of carbonyl (C=O) groups is 3. The molecule has 3 heterocycles. The van der Waals surface area contributed by atoms with Crippen molar-refractivity contribution in [1.29, 1.82) is 0 Å². The van der Waals surface area contributed by atoms with E-state index in [1.165, 1.54) is 45.5 Å². The summed E-state index contributed by atoms with van der Waals surface area (Å²) in [6, 6.07) is 34.9. The second-order valence-electron chi connectivity index (χ2n) is 20.0. The van der Waals surface area contributed by atoms with Crippen molar-refractivity contribution in [2.24, 2.45) is 11.8 Å². The number of alkyl halides is 1. The fraction of sp³-hybridized carbons (Fsp3) is 0.391. The van der Waals surface area contributed by atoms with Crippen LogP contribution >= 0.6 is 15.9 Å². The molecule has 5 atom stereocenters. The summed E-state index contributed by atoms with van der Waals surface area (Å²) in [7, 11) is 9.65. The quantitative estimate of drug-likeness (QED) is 0.0456. The minimum atomic E-state index is -0.314. The van der Waals surface area contributed by atoms with E-state index in [1.54, 1.807) is 48.7 Å². The van der Waals surface area contributed by atoms with E-state index in [0.717, 1.165) is 40.4 Å². The first-order valence-corrected chi connectivity index (χ1v) is 27.5. The Morgan fingerprint density at radius 1 is 0.443 bits per heavy atom. The molecule has 3 saturated heterocycles. The van der Waals surface area contributed by atoms with E-state index < -0.39 is 0 Å². The highest BCUT2D eigenvalue weighted by atomic mass is 79.9. The van der Waals surface area contributed by atoms with Gasteiger partial charge in [0.15, 0.2) is 46.0 Å². The highest BCUT2D eigenvalue weighted by Crippen LogP contribution is 2.39. The number of cyclic esters (lactones) is 3. The number of hydrogen-bond acceptors (Lipinski definition) is 14. The monoisotopic (exact) mass is 1150 g/mol. The number of aromatic hydroxyl groups is 2. The van der Waals surface area contributed by atoms with Crippen molar-refractivity contribution in [3.8, 4) is 46.0 Å². The van der Waals surface area contributed by atoms with Crippen molar-refractivity contribution in [1.82, 2.24) is 0 Å². The maximum atomic E-state index is 12.3. The summed E-state index contributed by atoms with van der Waals surface area (Å²) in [6.07, 6.45) is 3.88. The van der Waals surface area contributed by atoms with Gasteiger partial charge in [-0.15, -0.1) is 0 Å². The van der Waals surface area contributed by atoms with Gasteiger partial charge in [0.2, 0.25) is 0 Å². The lowest BCUT2D eigenvalue weighted by Gasteiger charge is -2.29. The van der Waals surface area contributed by atoms with Crippen LogP contribution in [0.1, 0.15) is 99.1 Å². The van der Waals surface area contributed by atoms with E-state index in [1.807, 2.05) is 54.6 Å². The van der Waals surface area contributed by atoms with Gasteiger partial charge in [0, 0.05) is 29.5 Å². The zero-order valence-electron chi connectivity index (χ0n) is 47.0. The molecular formula is C64H75BrO14. The Kier molecular flexibility index (Phi) is 22.8. The van der Waals surface area contributed by atoms with Crippen LogP contribution in [0.5, 0.6) is 46.0 Å². The summed E-state index contributed by atoms with van der Waals surface area (Å²) in [6.45, 7) is 9.66. The van der Waals surface area contributed by atoms with Crippen LogP contribution < -0.4 is 28.4 Å². The summed E-state index contributed by atoms with van der Waals surface area (Å²) in [5.41, 5.74) is 11.8. The predicted octanol–water partition coefficient (Wildman–Crippen LogP) is 12.5. The normalized spacial score (nSPS) is 18.5. The van der Waals surface area contributed by atoms with Crippen molar-refractivity contribution < 1.29 is 67.2 Å². The maximum Gasteiger partial charge on any atom is 0.309 e. The van der Waals surface area contributed by atoms with E-state index in [9.17, 15) is 24.6 Å². The molecule has 15 heteroatoms. The highest BCUT2D eigenvalue weighted by Gasteiger charge is 2.33. The van der Waals surface area contributed by atoms with Gasteiger partial charge in [0.05, 0.1) is 74.3 Å². The third-order valence-corrected chi connectivity index (χ3v) is 15.4. The molecule has 3 fully saturated rings. The van der Waals surface area contributed by atoms with Gasteiger partial charge in [-0.3, -0.25) is 14.4 Å². The summed E-state index contributed by atoms with van der Waals surface area (Å²) in [5, 5.41) is 20.0. The summed E-state index contributed by atoms with van der Waals surface area (Å²) >= 11 is 3.42. The number of rotatable bonds is 14. The fourth-order valence-electron chi connectivity index (χ4n) is 9.72. The molecule has 422 valence electrons. The number of phenolic OH excluding ortho intramolecular Hbond substituents is 2. The van der Waals surface area contributed by atoms with Crippen LogP contribution in [0.2, 0.25) is 0 Å². The number of methoxy groups -OCH3 is 6. The zero-order valence-corrected chi connectivity index (χ0v) is 48.6. The summed E-state index contributed by atoms with van der Waals surface area (Å²) < 4.78 is 47.7. The average molecular weight is 1150 g/mol. The second-order valence-corrected chi connectivity index (χ2v) is 20.5. The topological polar surface area (TPSA) is 175 Å². The molecular weight excluding hydrogens is 1070 g/mol. The Labute approximate surface area is 473 Å². The van der Waals surface area contributed by atoms with Gasteiger partial charge in [0.1, 0.15) is 0 Å². The number of phenols is 2. The van der Waals surface area contributed by atoms with Crippen LogP contribution in [0, 0.1) is 39.5 Å². The SMILES string of the molecule is COc1ccc([C@@H]2CCC(=O)OC2)cc1OC.COc1ccc([C@H]2COC(=O)C(Cc3ccc(C)c(C)c3)C2)cc1OC.COc1ccc([C@H]2COC(=O)C(Cc3ccc(O)c(O)c3)C2)cc1OC.Cc1ccc(CBr)cc1C. The smallest absolute Gasteiger partial charge is 0.309 e. The molecule has 14 nitrogen and oxygen atoms in total. The van der Waals surface area contributed by atoms with E-state index in [2.05, 4.69) is 80.0 Å². The Morgan fingerprint density at radius 3 is 1.23 bits per heavy atom. The molecule has 0 spiro atoms. The Bertz CT molecular complexity index is 2860. The highest BCUT2D eigenvalue weighted by molar-refractivity contribution is 9.08. The lowest BCUT2D eigenvalue weighted by atomic mass is 9.83. The first kappa shape index (κ1) is 60.8. The molecule has 0 bridgehead atoms. The lowest BCUT2D eigenvalue weighted by Crippen LogP contribution is -2.30. The molecule has 2 unspecified atom stereocenters. The van der Waals surface area contributed by atoms with Crippen molar-refractivity contribution >= 4 is 33.8 Å². The number of ether oxygens (including phenoxy) is 9. The van der Waals surface area contributed by atoms with Crippen molar-refractivity contribution in [3.05, 3.63) is 165 Å². The van der Waals surface area contributed by atoms with E-state index in [0.29, 0.717) is 80.0 Å². The van der Waals surface area contributed by atoms with Gasteiger partial charge >= 0.3 is 17.9 Å². The third-order valence-electron chi connectivity index (χ3n) is 14.7. The van der Waals surface area contributed by atoms with Gasteiger partial charge in [-0.25, -0.2) is 0 Å². The van der Waals surface area contributed by atoms with Crippen LogP contribution in [0.3, 0.4) is 0 Å². The molecule has 3 aliphatic heterocycles. The van der Waals surface area contributed by atoms with Crippen LogP contribution in [-0.4, -0.2) is 90.6 Å². The largest absolute Gasteiger partial charge is 0.504 e. The standard InChI is InChI=1S/C22H26O4.C20H22O6.C13H16O4.C9H11Br/c1-14-5-6-16(9-15(14)2)10-18-11-19(13-26-22(18)23)17-7-8-20(24-3)21(12-17)25-4;1-24-18-6-4-13(10-19(18)25-2)15-9-14(20(23)26-11-15)7-12-3-5-16(21)17(22)8-12;1-15-11-5-3-9(7-12(11)16-2)10-4-6-13(14)17-8-10;1-7-3-4-9(6-10)5-8(7)2/h5-9,12,18-19H,10-11,13H2,1-4H3;3-6,8,10,14-15,21-22H,7,9,11H2,1-2H3;3,5,7,10H,4,6,8H2,1-2H3;3-5H,6H2,1-2H3/t18?,19-;14?,15-;10-;/m111./s1.